The van der Waals surface area contributed by atoms with Gasteiger partial charge in [-0.2, -0.15) is 0 Å². The monoisotopic (exact) mass is 493 g/mol. The lowest BCUT2D eigenvalue weighted by Gasteiger charge is -2.31. The number of hydrogen-bond acceptors (Lipinski definition) is 9. The highest BCUT2D eigenvalue weighted by atomic mass is 35.5. The van der Waals surface area contributed by atoms with Crippen LogP contribution in [0, 0.1) is 0 Å². The summed E-state index contributed by atoms with van der Waals surface area (Å²) in [4.78, 5) is 49.3. The molecule has 0 saturated carbocycles. The molecule has 1 aliphatic rings. The predicted octanol–water partition coefficient (Wildman–Crippen LogP) is 2.83. The van der Waals surface area contributed by atoms with Crippen molar-refractivity contribution >= 4 is 35.3 Å². The number of hydrogen-bond donors (Lipinski definition) is 1. The van der Waals surface area contributed by atoms with E-state index in [-0.39, 0.29) is 37.6 Å². The number of ether oxygens (including phenoxy) is 4. The van der Waals surface area contributed by atoms with Crippen molar-refractivity contribution in [1.82, 2.24) is 5.32 Å². The first-order valence-corrected chi connectivity index (χ1v) is 11.1. The summed E-state index contributed by atoms with van der Waals surface area (Å²) < 4.78 is 20.5. The molecular formula is C24H28ClNO8. The maximum Gasteiger partial charge on any atom is 0.336 e. The van der Waals surface area contributed by atoms with E-state index in [1.165, 1.54) is 7.11 Å². The highest BCUT2D eigenvalue weighted by Gasteiger charge is 2.39. The number of benzene rings is 1. The van der Waals surface area contributed by atoms with Crippen LogP contribution in [-0.2, 0) is 38.1 Å². The fourth-order valence-corrected chi connectivity index (χ4v) is 3.80. The zero-order valence-corrected chi connectivity index (χ0v) is 20.3. The van der Waals surface area contributed by atoms with Gasteiger partial charge in [0.25, 0.3) is 0 Å². The van der Waals surface area contributed by atoms with Crippen LogP contribution in [0.15, 0.2) is 46.8 Å². The van der Waals surface area contributed by atoms with Gasteiger partial charge in [0.1, 0.15) is 13.0 Å². The quantitative estimate of drug-likeness (QED) is 0.282. The molecule has 2 rings (SSSR count). The van der Waals surface area contributed by atoms with E-state index < -0.39 is 36.0 Å². The minimum Gasteiger partial charge on any atom is -0.466 e. The highest BCUT2D eigenvalue weighted by Crippen LogP contribution is 2.41. The van der Waals surface area contributed by atoms with E-state index >= 15 is 0 Å². The van der Waals surface area contributed by atoms with Crippen molar-refractivity contribution in [3.8, 4) is 0 Å². The Bertz CT molecular complexity index is 1010. The fraction of sp³-hybridized carbons (Fsp3) is 0.417. The van der Waals surface area contributed by atoms with Crippen molar-refractivity contribution in [3.63, 3.8) is 0 Å². The number of methoxy groups -OCH3 is 1. The molecule has 10 heteroatoms. The van der Waals surface area contributed by atoms with E-state index in [4.69, 9.17) is 30.5 Å². The Hall–Kier alpha value is -3.17. The SMILES string of the molecule is CCOC(=O)CC(=O)COCC1=C(C(=O)OCC)C(c2ccccc2Cl)C(C(=O)OC)=C(C)N1. The van der Waals surface area contributed by atoms with E-state index in [0.29, 0.717) is 22.0 Å². The summed E-state index contributed by atoms with van der Waals surface area (Å²) in [6, 6.07) is 6.82. The lowest BCUT2D eigenvalue weighted by molar-refractivity contribution is -0.146. The van der Waals surface area contributed by atoms with Crippen molar-refractivity contribution in [2.24, 2.45) is 0 Å². The molecule has 0 saturated heterocycles. The molecule has 0 amide bonds. The first-order valence-electron chi connectivity index (χ1n) is 10.7. The largest absolute Gasteiger partial charge is 0.466 e. The van der Waals surface area contributed by atoms with Gasteiger partial charge in [0.15, 0.2) is 5.78 Å². The Morgan fingerprint density at radius 2 is 1.68 bits per heavy atom. The zero-order valence-electron chi connectivity index (χ0n) is 19.6. The van der Waals surface area contributed by atoms with Crippen molar-refractivity contribution in [2.75, 3.05) is 33.5 Å². The fourth-order valence-electron chi connectivity index (χ4n) is 3.55. The van der Waals surface area contributed by atoms with Gasteiger partial charge in [-0.3, -0.25) is 9.59 Å². The summed E-state index contributed by atoms with van der Waals surface area (Å²) in [5.74, 6) is -3.32. The summed E-state index contributed by atoms with van der Waals surface area (Å²) >= 11 is 6.44. The second-order valence-corrected chi connectivity index (χ2v) is 7.64. The molecule has 1 unspecified atom stereocenters. The van der Waals surface area contributed by atoms with E-state index in [0.717, 1.165) is 0 Å². The Kier molecular flexibility index (Phi) is 10.3. The van der Waals surface area contributed by atoms with Gasteiger partial charge < -0.3 is 24.3 Å². The first-order chi connectivity index (χ1) is 16.2. The van der Waals surface area contributed by atoms with E-state index in [2.05, 4.69) is 5.32 Å². The lowest BCUT2D eigenvalue weighted by Crippen LogP contribution is -2.35. The molecule has 0 spiro atoms. The number of allylic oxidation sites excluding steroid dienone is 1. The molecule has 1 aromatic carbocycles. The smallest absolute Gasteiger partial charge is 0.336 e. The first kappa shape index (κ1) is 27.1. The minimum atomic E-state index is -0.893. The molecular weight excluding hydrogens is 466 g/mol. The van der Waals surface area contributed by atoms with Gasteiger partial charge in [0, 0.05) is 10.7 Å². The van der Waals surface area contributed by atoms with Crippen LogP contribution in [0.2, 0.25) is 5.02 Å². The molecule has 1 aliphatic heterocycles. The van der Waals surface area contributed by atoms with Crippen molar-refractivity contribution < 1.29 is 38.1 Å². The number of halogens is 1. The third-order valence-corrected chi connectivity index (χ3v) is 5.26. The third-order valence-electron chi connectivity index (χ3n) is 4.92. The summed E-state index contributed by atoms with van der Waals surface area (Å²) in [5, 5.41) is 3.35. The summed E-state index contributed by atoms with van der Waals surface area (Å²) in [7, 11) is 1.24. The number of esters is 3. The van der Waals surface area contributed by atoms with Gasteiger partial charge in [-0.25, -0.2) is 9.59 Å². The van der Waals surface area contributed by atoms with Crippen LogP contribution in [0.1, 0.15) is 38.7 Å². The maximum atomic E-state index is 13.1. The second-order valence-electron chi connectivity index (χ2n) is 7.24. The molecule has 0 aromatic heterocycles. The van der Waals surface area contributed by atoms with Crippen LogP contribution in [0.25, 0.3) is 0 Å². The van der Waals surface area contributed by atoms with Crippen LogP contribution >= 0.6 is 11.6 Å². The number of ketones is 1. The van der Waals surface area contributed by atoms with Crippen LogP contribution in [0.3, 0.4) is 0 Å². The number of rotatable bonds is 11. The predicted molar refractivity (Wildman–Crippen MR) is 123 cm³/mol. The minimum absolute atomic E-state index is 0.0972. The Balaban J connectivity index is 2.44. The average Bonchev–Trinajstić information content (AvgIpc) is 2.78. The molecule has 0 aliphatic carbocycles. The lowest BCUT2D eigenvalue weighted by atomic mass is 9.80. The number of nitrogens with one attached hydrogen (secondary N) is 1. The van der Waals surface area contributed by atoms with E-state index in [1.54, 1.807) is 45.0 Å². The molecule has 1 N–H and O–H groups in total. The van der Waals surface area contributed by atoms with Crippen LogP contribution in [0.4, 0.5) is 0 Å². The van der Waals surface area contributed by atoms with Crippen molar-refractivity contribution in [3.05, 3.63) is 57.4 Å². The molecule has 184 valence electrons. The van der Waals surface area contributed by atoms with Gasteiger partial charge in [0.2, 0.25) is 0 Å². The summed E-state index contributed by atoms with van der Waals surface area (Å²) in [6.07, 6.45) is -0.418. The van der Waals surface area contributed by atoms with Crippen LogP contribution in [-0.4, -0.2) is 57.2 Å². The van der Waals surface area contributed by atoms with Gasteiger partial charge in [0.05, 0.1) is 49.7 Å². The molecule has 1 heterocycles. The summed E-state index contributed by atoms with van der Waals surface area (Å²) in [5.41, 5.74) is 1.54. The van der Waals surface area contributed by atoms with Crippen LogP contribution < -0.4 is 5.32 Å². The topological polar surface area (TPSA) is 117 Å². The van der Waals surface area contributed by atoms with Gasteiger partial charge in [-0.15, -0.1) is 0 Å². The molecule has 0 radical (unpaired) electrons. The molecule has 0 fully saturated rings. The molecule has 9 nitrogen and oxygen atoms in total. The molecule has 0 bridgehead atoms. The molecule has 1 aromatic rings. The van der Waals surface area contributed by atoms with Gasteiger partial charge in [-0.05, 0) is 32.4 Å². The average molecular weight is 494 g/mol. The van der Waals surface area contributed by atoms with Crippen molar-refractivity contribution in [2.45, 2.75) is 33.1 Å². The Morgan fingerprint density at radius 1 is 1.00 bits per heavy atom. The normalized spacial score (nSPS) is 15.5. The Labute approximate surface area is 203 Å². The number of dihydropyridines is 1. The maximum absolute atomic E-state index is 13.1. The van der Waals surface area contributed by atoms with Crippen LogP contribution in [0.5, 0.6) is 0 Å². The van der Waals surface area contributed by atoms with E-state index in [9.17, 15) is 19.2 Å². The second kappa shape index (κ2) is 12.9. The van der Waals surface area contributed by atoms with Gasteiger partial charge in [-0.1, -0.05) is 29.8 Å². The van der Waals surface area contributed by atoms with Crippen molar-refractivity contribution in [1.29, 1.82) is 0 Å². The standard InChI is InChI=1S/C24H28ClNO8/c1-5-33-19(28)11-15(27)12-32-13-18-22(24(30)34-6-2)21(16-9-7-8-10-17(16)25)20(14(3)26-18)23(29)31-4/h7-10,21,26H,5-6,11-13H2,1-4H3. The van der Waals surface area contributed by atoms with E-state index in [1.807, 2.05) is 0 Å². The number of carbonyl (C=O) groups excluding carboxylic acids is 4. The molecule has 1 atom stereocenters. The number of Topliss-reactive ketones (excluding diaryl/α,β-unsaturated/α-hetero) is 1. The highest BCUT2D eigenvalue weighted by molar-refractivity contribution is 6.31. The number of carbonyl (C=O) groups is 4. The zero-order chi connectivity index (χ0) is 25.3. The molecule has 34 heavy (non-hydrogen) atoms. The van der Waals surface area contributed by atoms with Gasteiger partial charge >= 0.3 is 17.9 Å². The summed E-state index contributed by atoms with van der Waals surface area (Å²) in [6.45, 7) is 4.67. The Morgan fingerprint density at radius 3 is 2.29 bits per heavy atom. The third kappa shape index (κ3) is 6.68.